The lowest BCUT2D eigenvalue weighted by molar-refractivity contribution is 0.0490. The van der Waals surface area contributed by atoms with Gasteiger partial charge < -0.3 is 14.8 Å². The highest BCUT2D eigenvalue weighted by atomic mass is 35.5. The van der Waals surface area contributed by atoms with Gasteiger partial charge in [0.15, 0.2) is 5.78 Å². The van der Waals surface area contributed by atoms with Crippen molar-refractivity contribution >= 4 is 23.5 Å². The third-order valence-corrected chi connectivity index (χ3v) is 3.24. The number of hydrogen-bond acceptors (Lipinski definition) is 4. The standard InChI is InChI=1S/C17H24ClNO4/c1-17(2,3)23-16(21)19-14(9-10-22-4)11-15(20)12-5-7-13(18)8-6-12/h5-8,14H,9-11H2,1-4H3,(H,19,21). The molecule has 0 saturated carbocycles. The third kappa shape index (κ3) is 8.00. The molecule has 6 heteroatoms. The average Bonchev–Trinajstić information content (AvgIpc) is 2.43. The molecule has 0 aromatic heterocycles. The SMILES string of the molecule is COCCC(CC(=O)c1ccc(Cl)cc1)NC(=O)OC(C)(C)C. The predicted molar refractivity (Wildman–Crippen MR) is 90.1 cm³/mol. The van der Waals surface area contributed by atoms with Crippen molar-refractivity contribution in [1.29, 1.82) is 0 Å². The number of benzene rings is 1. The summed E-state index contributed by atoms with van der Waals surface area (Å²) in [4.78, 5) is 24.2. The van der Waals surface area contributed by atoms with E-state index in [0.717, 1.165) is 0 Å². The third-order valence-electron chi connectivity index (χ3n) is 2.99. The lowest BCUT2D eigenvalue weighted by Gasteiger charge is -2.23. The molecule has 5 nitrogen and oxygen atoms in total. The van der Waals surface area contributed by atoms with E-state index >= 15 is 0 Å². The molecule has 0 fully saturated rings. The summed E-state index contributed by atoms with van der Waals surface area (Å²) in [7, 11) is 1.57. The van der Waals surface area contributed by atoms with Crippen LogP contribution >= 0.6 is 11.6 Å². The smallest absolute Gasteiger partial charge is 0.407 e. The van der Waals surface area contributed by atoms with Gasteiger partial charge in [0.1, 0.15) is 5.60 Å². The van der Waals surface area contributed by atoms with Crippen molar-refractivity contribution in [3.05, 3.63) is 34.9 Å². The van der Waals surface area contributed by atoms with Crippen LogP contribution in [0.5, 0.6) is 0 Å². The zero-order valence-electron chi connectivity index (χ0n) is 14.0. The molecule has 1 N–H and O–H groups in total. The maximum absolute atomic E-state index is 12.3. The first kappa shape index (κ1) is 19.5. The molecule has 0 radical (unpaired) electrons. The molecule has 1 atom stereocenters. The van der Waals surface area contributed by atoms with Crippen molar-refractivity contribution in [2.45, 2.75) is 45.3 Å². The summed E-state index contributed by atoms with van der Waals surface area (Å²) in [5.41, 5.74) is -0.0291. The highest BCUT2D eigenvalue weighted by molar-refractivity contribution is 6.30. The van der Waals surface area contributed by atoms with Crippen LogP contribution in [0.4, 0.5) is 4.79 Å². The van der Waals surface area contributed by atoms with Crippen molar-refractivity contribution in [3.63, 3.8) is 0 Å². The number of amides is 1. The van der Waals surface area contributed by atoms with Gasteiger partial charge in [-0.05, 0) is 51.5 Å². The Bertz CT molecular complexity index is 522. The highest BCUT2D eigenvalue weighted by Gasteiger charge is 2.21. The molecule has 0 heterocycles. The van der Waals surface area contributed by atoms with E-state index < -0.39 is 11.7 Å². The first-order valence-corrected chi connectivity index (χ1v) is 7.86. The van der Waals surface area contributed by atoms with Gasteiger partial charge in [0.25, 0.3) is 0 Å². The summed E-state index contributed by atoms with van der Waals surface area (Å²) in [6.07, 6.45) is 0.154. The summed E-state index contributed by atoms with van der Waals surface area (Å²) >= 11 is 5.82. The minimum Gasteiger partial charge on any atom is -0.444 e. The zero-order chi connectivity index (χ0) is 17.5. The van der Waals surface area contributed by atoms with Crippen LogP contribution in [0, 0.1) is 0 Å². The van der Waals surface area contributed by atoms with Crippen LogP contribution in [0.1, 0.15) is 44.0 Å². The second kappa shape index (κ2) is 8.89. The number of carbonyl (C=O) groups is 2. The van der Waals surface area contributed by atoms with Crippen LogP contribution in [-0.4, -0.2) is 37.2 Å². The number of methoxy groups -OCH3 is 1. The quantitative estimate of drug-likeness (QED) is 0.765. The first-order valence-electron chi connectivity index (χ1n) is 7.48. The first-order chi connectivity index (χ1) is 10.7. The van der Waals surface area contributed by atoms with Gasteiger partial charge in [-0.25, -0.2) is 4.79 Å². The second-order valence-corrected chi connectivity index (χ2v) is 6.70. The van der Waals surface area contributed by atoms with Gasteiger partial charge in [-0.1, -0.05) is 11.6 Å². The minimum atomic E-state index is -0.587. The van der Waals surface area contributed by atoms with Crippen molar-refractivity contribution in [3.8, 4) is 0 Å². The molecule has 0 aliphatic heterocycles. The van der Waals surface area contributed by atoms with Crippen LogP contribution < -0.4 is 5.32 Å². The number of rotatable bonds is 7. The number of Topliss-reactive ketones (excluding diaryl/α,β-unsaturated/α-hetero) is 1. The molecule has 0 aliphatic carbocycles. The van der Waals surface area contributed by atoms with E-state index in [0.29, 0.717) is 23.6 Å². The fourth-order valence-corrected chi connectivity index (χ4v) is 2.06. The molecule has 0 saturated heterocycles. The Labute approximate surface area is 142 Å². The molecular weight excluding hydrogens is 318 g/mol. The van der Waals surface area contributed by atoms with E-state index in [4.69, 9.17) is 21.1 Å². The van der Waals surface area contributed by atoms with Crippen LogP contribution in [-0.2, 0) is 9.47 Å². The van der Waals surface area contributed by atoms with Crippen LogP contribution in [0.3, 0.4) is 0 Å². The van der Waals surface area contributed by atoms with E-state index in [1.54, 1.807) is 52.1 Å². The molecule has 1 rings (SSSR count). The molecule has 23 heavy (non-hydrogen) atoms. The van der Waals surface area contributed by atoms with Crippen LogP contribution in [0.25, 0.3) is 0 Å². The summed E-state index contributed by atoms with van der Waals surface area (Å²) in [5.74, 6) is -0.0705. The Morgan fingerprint density at radius 1 is 1.22 bits per heavy atom. The fraction of sp³-hybridized carbons (Fsp3) is 0.529. The predicted octanol–water partition coefficient (Wildman–Crippen LogP) is 3.84. The van der Waals surface area contributed by atoms with E-state index in [1.165, 1.54) is 0 Å². The summed E-state index contributed by atoms with van der Waals surface area (Å²) in [5, 5.41) is 3.31. The fourth-order valence-electron chi connectivity index (χ4n) is 1.94. The summed E-state index contributed by atoms with van der Waals surface area (Å²) in [6, 6.07) is 6.32. The molecular formula is C17H24ClNO4. The number of halogens is 1. The molecule has 0 aliphatic rings. The molecule has 128 valence electrons. The number of alkyl carbamates (subject to hydrolysis) is 1. The number of carbonyl (C=O) groups excluding carboxylic acids is 2. The van der Waals surface area contributed by atoms with Gasteiger partial charge in [-0.2, -0.15) is 0 Å². The largest absolute Gasteiger partial charge is 0.444 e. The van der Waals surface area contributed by atoms with Crippen molar-refractivity contribution in [2.24, 2.45) is 0 Å². The lowest BCUT2D eigenvalue weighted by Crippen LogP contribution is -2.40. The Morgan fingerprint density at radius 2 is 1.83 bits per heavy atom. The van der Waals surface area contributed by atoms with E-state index in [1.807, 2.05) is 0 Å². The lowest BCUT2D eigenvalue weighted by atomic mass is 10.0. The Hall–Kier alpha value is -1.59. The Balaban J connectivity index is 2.68. The second-order valence-electron chi connectivity index (χ2n) is 6.26. The van der Waals surface area contributed by atoms with Gasteiger partial charge >= 0.3 is 6.09 Å². The maximum Gasteiger partial charge on any atom is 0.407 e. The highest BCUT2D eigenvalue weighted by Crippen LogP contribution is 2.14. The van der Waals surface area contributed by atoms with E-state index in [2.05, 4.69) is 5.32 Å². The minimum absolute atomic E-state index is 0.0705. The number of ether oxygens (including phenoxy) is 2. The molecule has 1 unspecified atom stereocenters. The van der Waals surface area contributed by atoms with Crippen molar-refractivity contribution < 1.29 is 19.1 Å². The molecule has 1 aromatic rings. The molecule has 0 spiro atoms. The van der Waals surface area contributed by atoms with Gasteiger partial charge in [-0.3, -0.25) is 4.79 Å². The molecule has 1 amide bonds. The van der Waals surface area contributed by atoms with Gasteiger partial charge in [0.05, 0.1) is 0 Å². The van der Waals surface area contributed by atoms with Crippen molar-refractivity contribution in [2.75, 3.05) is 13.7 Å². The van der Waals surface area contributed by atoms with Gasteiger partial charge in [0, 0.05) is 36.8 Å². The Morgan fingerprint density at radius 3 is 2.35 bits per heavy atom. The van der Waals surface area contributed by atoms with Crippen molar-refractivity contribution in [1.82, 2.24) is 5.32 Å². The number of ketones is 1. The maximum atomic E-state index is 12.3. The number of nitrogens with one attached hydrogen (secondary N) is 1. The Kier molecular flexibility index (Phi) is 7.52. The average molecular weight is 342 g/mol. The van der Waals surface area contributed by atoms with E-state index in [9.17, 15) is 9.59 Å². The summed E-state index contributed by atoms with van der Waals surface area (Å²) < 4.78 is 10.3. The topological polar surface area (TPSA) is 64.6 Å². The van der Waals surface area contributed by atoms with Crippen LogP contribution in [0.15, 0.2) is 24.3 Å². The number of hydrogen-bond donors (Lipinski definition) is 1. The van der Waals surface area contributed by atoms with Crippen LogP contribution in [0.2, 0.25) is 5.02 Å². The monoisotopic (exact) mass is 341 g/mol. The molecule has 0 bridgehead atoms. The van der Waals surface area contributed by atoms with Gasteiger partial charge in [-0.15, -0.1) is 0 Å². The summed E-state index contributed by atoms with van der Waals surface area (Å²) in [6.45, 7) is 5.80. The normalized spacial score (nSPS) is 12.6. The van der Waals surface area contributed by atoms with E-state index in [-0.39, 0.29) is 18.2 Å². The molecule has 1 aromatic carbocycles. The zero-order valence-corrected chi connectivity index (χ0v) is 14.8. The van der Waals surface area contributed by atoms with Gasteiger partial charge in [0.2, 0.25) is 0 Å².